The van der Waals surface area contributed by atoms with Crippen molar-refractivity contribution in [3.8, 4) is 5.69 Å². The molecule has 1 aliphatic rings. The smallest absolute Gasteiger partial charge is 0.123 e. The van der Waals surface area contributed by atoms with E-state index < -0.39 is 0 Å². The standard InChI is InChI=1S/C17H22FN5/c1-13-17(12-19-22-10-8-21(3)9-11-22)14(2)23(20-13)16-6-4-15(18)5-7-16/h4-7,12H,8-11H2,1-3H3/b19-12+. The minimum atomic E-state index is -0.243. The molecular weight excluding hydrogens is 293 g/mol. The fraction of sp³-hybridized carbons (Fsp3) is 0.412. The number of hydrogen-bond acceptors (Lipinski definition) is 4. The van der Waals surface area contributed by atoms with E-state index in [0.29, 0.717) is 0 Å². The molecule has 1 fully saturated rings. The van der Waals surface area contributed by atoms with Crippen LogP contribution in [0.2, 0.25) is 0 Å². The minimum absolute atomic E-state index is 0.243. The summed E-state index contributed by atoms with van der Waals surface area (Å²) >= 11 is 0. The van der Waals surface area contributed by atoms with E-state index in [0.717, 1.165) is 48.8 Å². The maximum atomic E-state index is 13.1. The van der Waals surface area contributed by atoms with Gasteiger partial charge in [0.05, 0.1) is 23.3 Å². The molecule has 0 N–H and O–H groups in total. The summed E-state index contributed by atoms with van der Waals surface area (Å²) in [6.45, 7) is 7.93. The van der Waals surface area contributed by atoms with Gasteiger partial charge in [0.1, 0.15) is 5.82 Å². The minimum Gasteiger partial charge on any atom is -0.303 e. The fourth-order valence-electron chi connectivity index (χ4n) is 2.73. The maximum Gasteiger partial charge on any atom is 0.123 e. The lowest BCUT2D eigenvalue weighted by Crippen LogP contribution is -2.41. The zero-order valence-corrected chi connectivity index (χ0v) is 13.8. The second-order valence-electron chi connectivity index (χ2n) is 5.97. The average molecular weight is 315 g/mol. The van der Waals surface area contributed by atoms with E-state index in [9.17, 15) is 4.39 Å². The molecule has 6 heteroatoms. The van der Waals surface area contributed by atoms with Crippen molar-refractivity contribution in [2.75, 3.05) is 33.2 Å². The Labute approximate surface area is 136 Å². The summed E-state index contributed by atoms with van der Waals surface area (Å²) in [5, 5.41) is 11.3. The first-order chi connectivity index (χ1) is 11.0. The van der Waals surface area contributed by atoms with Gasteiger partial charge in [-0.1, -0.05) is 0 Å². The van der Waals surface area contributed by atoms with Crippen molar-refractivity contribution >= 4 is 6.21 Å². The zero-order chi connectivity index (χ0) is 16.4. The Morgan fingerprint density at radius 3 is 2.39 bits per heavy atom. The summed E-state index contributed by atoms with van der Waals surface area (Å²) in [4.78, 5) is 2.30. The Morgan fingerprint density at radius 1 is 1.09 bits per heavy atom. The highest BCUT2D eigenvalue weighted by molar-refractivity contribution is 5.82. The molecule has 1 aromatic carbocycles. The van der Waals surface area contributed by atoms with Crippen molar-refractivity contribution in [1.29, 1.82) is 0 Å². The number of halogens is 1. The number of aryl methyl sites for hydroxylation is 1. The van der Waals surface area contributed by atoms with Crippen molar-refractivity contribution < 1.29 is 4.39 Å². The Balaban J connectivity index is 1.82. The van der Waals surface area contributed by atoms with Gasteiger partial charge in [-0.3, -0.25) is 5.01 Å². The normalized spacial score (nSPS) is 16.4. The summed E-state index contributed by atoms with van der Waals surface area (Å²) < 4.78 is 14.9. The molecule has 0 unspecified atom stereocenters. The highest BCUT2D eigenvalue weighted by Crippen LogP contribution is 2.17. The number of nitrogens with zero attached hydrogens (tertiary/aromatic N) is 5. The van der Waals surface area contributed by atoms with Crippen LogP contribution in [0.25, 0.3) is 5.69 Å². The van der Waals surface area contributed by atoms with Crippen LogP contribution in [0.1, 0.15) is 17.0 Å². The van der Waals surface area contributed by atoms with Crippen LogP contribution in [0, 0.1) is 19.7 Å². The van der Waals surface area contributed by atoms with Crippen molar-refractivity contribution in [2.24, 2.45) is 5.10 Å². The third-order valence-electron chi connectivity index (χ3n) is 4.25. The largest absolute Gasteiger partial charge is 0.303 e. The highest BCUT2D eigenvalue weighted by Gasteiger charge is 2.14. The molecule has 0 atom stereocenters. The molecule has 0 aliphatic carbocycles. The van der Waals surface area contributed by atoms with E-state index >= 15 is 0 Å². The number of aromatic nitrogens is 2. The van der Waals surface area contributed by atoms with Crippen molar-refractivity contribution in [3.05, 3.63) is 47.0 Å². The zero-order valence-electron chi connectivity index (χ0n) is 13.8. The van der Waals surface area contributed by atoms with Gasteiger partial charge in [-0.2, -0.15) is 10.2 Å². The molecule has 1 aliphatic heterocycles. The van der Waals surface area contributed by atoms with Gasteiger partial charge in [0.2, 0.25) is 0 Å². The van der Waals surface area contributed by atoms with Crippen molar-refractivity contribution in [3.63, 3.8) is 0 Å². The van der Waals surface area contributed by atoms with Gasteiger partial charge in [0.25, 0.3) is 0 Å². The predicted octanol–water partition coefficient (Wildman–Crippen LogP) is 2.21. The Kier molecular flexibility index (Phi) is 4.43. The summed E-state index contributed by atoms with van der Waals surface area (Å²) in [7, 11) is 2.13. The van der Waals surface area contributed by atoms with Crippen LogP contribution in [-0.2, 0) is 0 Å². The lowest BCUT2D eigenvalue weighted by molar-refractivity contribution is 0.159. The molecule has 1 aromatic heterocycles. The molecule has 0 spiro atoms. The first-order valence-corrected chi connectivity index (χ1v) is 7.84. The van der Waals surface area contributed by atoms with Crippen molar-refractivity contribution in [2.45, 2.75) is 13.8 Å². The molecule has 0 bridgehead atoms. The van der Waals surface area contributed by atoms with Crippen LogP contribution in [0.3, 0.4) is 0 Å². The Hall–Kier alpha value is -2.21. The number of likely N-dealkylation sites (N-methyl/N-ethyl adjacent to an activating group) is 1. The van der Waals surface area contributed by atoms with Crippen LogP contribution in [0.4, 0.5) is 4.39 Å². The van der Waals surface area contributed by atoms with Crippen LogP contribution in [-0.4, -0.2) is 59.1 Å². The van der Waals surface area contributed by atoms with E-state index in [2.05, 4.69) is 27.2 Å². The van der Waals surface area contributed by atoms with Gasteiger partial charge >= 0.3 is 0 Å². The average Bonchev–Trinajstić information content (AvgIpc) is 2.82. The third-order valence-corrected chi connectivity index (χ3v) is 4.25. The number of rotatable bonds is 3. The maximum absolute atomic E-state index is 13.1. The summed E-state index contributed by atoms with van der Waals surface area (Å²) in [6.07, 6.45) is 1.89. The summed E-state index contributed by atoms with van der Waals surface area (Å²) in [6, 6.07) is 6.36. The molecule has 122 valence electrons. The van der Waals surface area contributed by atoms with E-state index in [1.807, 2.05) is 24.7 Å². The van der Waals surface area contributed by atoms with Crippen LogP contribution >= 0.6 is 0 Å². The molecule has 0 amide bonds. The second kappa shape index (κ2) is 6.50. The predicted molar refractivity (Wildman–Crippen MR) is 89.7 cm³/mol. The lowest BCUT2D eigenvalue weighted by atomic mass is 10.2. The van der Waals surface area contributed by atoms with E-state index in [1.165, 1.54) is 12.1 Å². The van der Waals surface area contributed by atoms with E-state index in [1.54, 1.807) is 12.1 Å². The molecule has 5 nitrogen and oxygen atoms in total. The molecule has 0 saturated carbocycles. The van der Waals surface area contributed by atoms with Crippen LogP contribution in [0.5, 0.6) is 0 Å². The first kappa shape index (κ1) is 15.7. The number of benzene rings is 1. The van der Waals surface area contributed by atoms with Crippen LogP contribution < -0.4 is 0 Å². The quantitative estimate of drug-likeness (QED) is 0.815. The SMILES string of the molecule is Cc1nn(-c2ccc(F)cc2)c(C)c1/C=N/N1CCN(C)CC1. The second-order valence-corrected chi connectivity index (χ2v) is 5.97. The third kappa shape index (κ3) is 3.42. The van der Waals surface area contributed by atoms with Gasteiger partial charge in [-0.15, -0.1) is 0 Å². The Morgan fingerprint density at radius 2 is 1.74 bits per heavy atom. The first-order valence-electron chi connectivity index (χ1n) is 7.84. The van der Waals surface area contributed by atoms with E-state index in [4.69, 9.17) is 0 Å². The van der Waals surface area contributed by atoms with Gasteiger partial charge < -0.3 is 4.90 Å². The van der Waals surface area contributed by atoms with Gasteiger partial charge in [-0.05, 0) is 45.2 Å². The molecule has 2 aromatic rings. The molecule has 0 radical (unpaired) electrons. The Bertz CT molecular complexity index is 697. The highest BCUT2D eigenvalue weighted by atomic mass is 19.1. The topological polar surface area (TPSA) is 36.7 Å². The molecule has 2 heterocycles. The van der Waals surface area contributed by atoms with Gasteiger partial charge in [0, 0.05) is 31.7 Å². The number of hydrogen-bond donors (Lipinski definition) is 0. The number of piperazine rings is 1. The van der Waals surface area contributed by atoms with Crippen LogP contribution in [0.15, 0.2) is 29.4 Å². The van der Waals surface area contributed by atoms with Gasteiger partial charge in [-0.25, -0.2) is 9.07 Å². The number of hydrazone groups is 1. The summed E-state index contributed by atoms with van der Waals surface area (Å²) in [5.74, 6) is -0.243. The monoisotopic (exact) mass is 315 g/mol. The molecule has 23 heavy (non-hydrogen) atoms. The molecule has 1 saturated heterocycles. The lowest BCUT2D eigenvalue weighted by Gasteiger charge is -2.30. The van der Waals surface area contributed by atoms with E-state index in [-0.39, 0.29) is 5.82 Å². The summed E-state index contributed by atoms with van der Waals surface area (Å²) in [5.41, 5.74) is 3.80. The van der Waals surface area contributed by atoms with Crippen molar-refractivity contribution in [1.82, 2.24) is 19.7 Å². The fourth-order valence-corrected chi connectivity index (χ4v) is 2.73. The van der Waals surface area contributed by atoms with Gasteiger partial charge in [0.15, 0.2) is 0 Å². The molecule has 3 rings (SSSR count). The molecular formula is C17H22FN5.